The van der Waals surface area contributed by atoms with Gasteiger partial charge in [-0.1, -0.05) is 50.1 Å². The number of carbonyl (C=O) groups excluding carboxylic acids is 2. The summed E-state index contributed by atoms with van der Waals surface area (Å²) in [7, 11) is 1.71. The number of ether oxygens (including phenoxy) is 1. The van der Waals surface area contributed by atoms with Crippen LogP contribution in [0.25, 0.3) is 0 Å². The van der Waals surface area contributed by atoms with Crippen LogP contribution in [0.1, 0.15) is 38.2 Å². The van der Waals surface area contributed by atoms with Gasteiger partial charge in [-0.05, 0) is 24.9 Å². The smallest absolute Gasteiger partial charge is 0.410 e. The van der Waals surface area contributed by atoms with Crippen molar-refractivity contribution in [2.75, 3.05) is 39.8 Å². The van der Waals surface area contributed by atoms with Crippen molar-refractivity contribution in [3.8, 4) is 0 Å². The fourth-order valence-electron chi connectivity index (χ4n) is 3.36. The molecule has 0 aromatic heterocycles. The van der Waals surface area contributed by atoms with Crippen LogP contribution < -0.4 is 5.32 Å². The van der Waals surface area contributed by atoms with E-state index in [2.05, 4.69) is 17.1 Å². The Bertz CT molecular complexity index is 571. The summed E-state index contributed by atoms with van der Waals surface area (Å²) < 4.78 is 5.41. The second kappa shape index (κ2) is 11.6. The Kier molecular flexibility index (Phi) is 9.11. The summed E-state index contributed by atoms with van der Waals surface area (Å²) >= 11 is 0. The number of nitrogens with zero attached hydrogens (tertiary/aromatic N) is 2. The molecule has 6 heteroatoms. The van der Waals surface area contributed by atoms with E-state index >= 15 is 0 Å². The first-order chi connectivity index (χ1) is 13.1. The van der Waals surface area contributed by atoms with Gasteiger partial charge in [0.25, 0.3) is 0 Å². The average Bonchev–Trinajstić information content (AvgIpc) is 2.72. The van der Waals surface area contributed by atoms with Crippen molar-refractivity contribution in [2.45, 2.75) is 39.2 Å². The molecule has 1 saturated heterocycles. The first-order valence-electron chi connectivity index (χ1n) is 10.0. The molecule has 1 unspecified atom stereocenters. The monoisotopic (exact) mass is 375 g/mol. The van der Waals surface area contributed by atoms with Gasteiger partial charge in [0.1, 0.15) is 6.61 Å². The van der Waals surface area contributed by atoms with Crippen LogP contribution in [0.3, 0.4) is 0 Å². The molecule has 1 aromatic carbocycles. The first-order valence-corrected chi connectivity index (χ1v) is 10.0. The van der Waals surface area contributed by atoms with Crippen molar-refractivity contribution in [1.82, 2.24) is 15.1 Å². The van der Waals surface area contributed by atoms with Gasteiger partial charge < -0.3 is 15.0 Å². The molecule has 0 aliphatic carbocycles. The van der Waals surface area contributed by atoms with Gasteiger partial charge in [0.2, 0.25) is 5.91 Å². The molecule has 0 bridgehead atoms. The van der Waals surface area contributed by atoms with E-state index in [1.54, 1.807) is 11.9 Å². The molecule has 0 saturated carbocycles. The number of benzene rings is 1. The number of hydrogen-bond acceptors (Lipinski definition) is 4. The van der Waals surface area contributed by atoms with Crippen molar-refractivity contribution in [3.63, 3.8) is 0 Å². The molecule has 1 aliphatic rings. The number of amides is 2. The van der Waals surface area contributed by atoms with Gasteiger partial charge in [0.05, 0.1) is 0 Å². The van der Waals surface area contributed by atoms with Gasteiger partial charge >= 0.3 is 6.09 Å². The van der Waals surface area contributed by atoms with Crippen molar-refractivity contribution in [1.29, 1.82) is 0 Å². The van der Waals surface area contributed by atoms with Crippen LogP contribution in [0.2, 0.25) is 0 Å². The van der Waals surface area contributed by atoms with E-state index in [1.165, 1.54) is 0 Å². The Morgan fingerprint density at radius 1 is 1.11 bits per heavy atom. The molecule has 1 heterocycles. The minimum Gasteiger partial charge on any atom is -0.445 e. The number of rotatable bonds is 9. The largest absolute Gasteiger partial charge is 0.445 e. The van der Waals surface area contributed by atoms with E-state index < -0.39 is 0 Å². The number of carbonyl (C=O) groups is 2. The van der Waals surface area contributed by atoms with E-state index in [0.717, 1.165) is 50.9 Å². The fraction of sp³-hybridized carbons (Fsp3) is 0.619. The fourth-order valence-corrected chi connectivity index (χ4v) is 3.36. The Morgan fingerprint density at radius 2 is 1.81 bits per heavy atom. The molecule has 1 aliphatic heterocycles. The molecule has 1 atom stereocenters. The van der Waals surface area contributed by atoms with Crippen molar-refractivity contribution in [2.24, 2.45) is 5.92 Å². The lowest BCUT2D eigenvalue weighted by Gasteiger charge is -2.34. The minimum atomic E-state index is -0.246. The van der Waals surface area contributed by atoms with Crippen LogP contribution in [0, 0.1) is 5.92 Å². The zero-order valence-corrected chi connectivity index (χ0v) is 16.7. The molecule has 2 amide bonds. The SMILES string of the molecule is CCCCC(CCN1CCN(C(=O)OCc2ccccc2)CC1)C(=O)NC. The predicted octanol–water partition coefficient (Wildman–Crippen LogP) is 2.88. The summed E-state index contributed by atoms with van der Waals surface area (Å²) in [5.41, 5.74) is 0.997. The van der Waals surface area contributed by atoms with Crippen LogP contribution in [0.15, 0.2) is 30.3 Å². The van der Waals surface area contributed by atoms with Gasteiger partial charge in [0.15, 0.2) is 0 Å². The van der Waals surface area contributed by atoms with E-state index in [0.29, 0.717) is 19.7 Å². The Labute approximate surface area is 162 Å². The van der Waals surface area contributed by atoms with Gasteiger partial charge in [0, 0.05) is 39.1 Å². The zero-order valence-electron chi connectivity index (χ0n) is 16.7. The zero-order chi connectivity index (χ0) is 19.5. The summed E-state index contributed by atoms with van der Waals surface area (Å²) in [6, 6.07) is 9.73. The third-order valence-corrected chi connectivity index (χ3v) is 5.15. The molecule has 0 spiro atoms. The highest BCUT2D eigenvalue weighted by molar-refractivity contribution is 5.78. The van der Waals surface area contributed by atoms with E-state index in [1.807, 2.05) is 30.3 Å². The third-order valence-electron chi connectivity index (χ3n) is 5.15. The van der Waals surface area contributed by atoms with Gasteiger partial charge in [-0.15, -0.1) is 0 Å². The maximum atomic E-state index is 12.2. The number of unbranched alkanes of at least 4 members (excludes halogenated alkanes) is 1. The van der Waals surface area contributed by atoms with Crippen LogP contribution >= 0.6 is 0 Å². The highest BCUT2D eigenvalue weighted by Gasteiger charge is 2.24. The molecule has 6 nitrogen and oxygen atoms in total. The average molecular weight is 376 g/mol. The molecular formula is C21H33N3O3. The summed E-state index contributed by atoms with van der Waals surface area (Å²) in [4.78, 5) is 28.4. The lowest BCUT2D eigenvalue weighted by Crippen LogP contribution is -2.49. The van der Waals surface area contributed by atoms with E-state index in [-0.39, 0.29) is 17.9 Å². The minimum absolute atomic E-state index is 0.0869. The summed E-state index contributed by atoms with van der Waals surface area (Å²) in [6.07, 6.45) is 3.76. The van der Waals surface area contributed by atoms with Crippen LogP contribution in [0.4, 0.5) is 4.79 Å². The first kappa shape index (κ1) is 21.2. The maximum absolute atomic E-state index is 12.2. The van der Waals surface area contributed by atoms with Crippen molar-refractivity contribution < 1.29 is 14.3 Å². The van der Waals surface area contributed by atoms with Crippen molar-refractivity contribution >= 4 is 12.0 Å². The summed E-state index contributed by atoms with van der Waals surface area (Å²) in [5.74, 6) is 0.232. The van der Waals surface area contributed by atoms with E-state index in [9.17, 15) is 9.59 Å². The Balaban J connectivity index is 1.69. The number of piperazine rings is 1. The molecule has 150 valence electrons. The molecule has 1 N–H and O–H groups in total. The maximum Gasteiger partial charge on any atom is 0.410 e. The lowest BCUT2D eigenvalue weighted by atomic mass is 9.97. The van der Waals surface area contributed by atoms with Gasteiger partial charge in [-0.2, -0.15) is 0 Å². The standard InChI is InChI=1S/C21H33N3O3/c1-3-4-10-19(20(25)22-2)11-12-23-13-15-24(16-14-23)21(26)27-17-18-8-6-5-7-9-18/h5-9,19H,3-4,10-17H2,1-2H3,(H,22,25). The molecule has 1 fully saturated rings. The topological polar surface area (TPSA) is 61.9 Å². The summed E-state index contributed by atoms with van der Waals surface area (Å²) in [5, 5.41) is 2.78. The Morgan fingerprint density at radius 3 is 2.44 bits per heavy atom. The van der Waals surface area contributed by atoms with Crippen LogP contribution in [-0.2, 0) is 16.1 Å². The van der Waals surface area contributed by atoms with Gasteiger partial charge in [-0.25, -0.2) is 4.79 Å². The van der Waals surface area contributed by atoms with Gasteiger partial charge in [-0.3, -0.25) is 9.69 Å². The Hall–Kier alpha value is -2.08. The quantitative estimate of drug-likeness (QED) is 0.721. The second-order valence-electron chi connectivity index (χ2n) is 7.11. The number of hydrogen-bond donors (Lipinski definition) is 1. The highest BCUT2D eigenvalue weighted by atomic mass is 16.6. The summed E-state index contributed by atoms with van der Waals surface area (Å²) in [6.45, 7) is 6.36. The predicted molar refractivity (Wildman–Crippen MR) is 106 cm³/mol. The van der Waals surface area contributed by atoms with E-state index in [4.69, 9.17) is 4.74 Å². The number of nitrogens with one attached hydrogen (secondary N) is 1. The highest BCUT2D eigenvalue weighted by Crippen LogP contribution is 2.15. The lowest BCUT2D eigenvalue weighted by molar-refractivity contribution is -0.125. The van der Waals surface area contributed by atoms with Crippen LogP contribution in [-0.4, -0.2) is 61.6 Å². The molecule has 0 radical (unpaired) electrons. The third kappa shape index (κ3) is 7.21. The second-order valence-corrected chi connectivity index (χ2v) is 7.11. The normalized spacial score (nSPS) is 16.0. The molecule has 2 rings (SSSR count). The van der Waals surface area contributed by atoms with Crippen LogP contribution in [0.5, 0.6) is 0 Å². The van der Waals surface area contributed by atoms with Crippen molar-refractivity contribution in [3.05, 3.63) is 35.9 Å². The molecule has 27 heavy (non-hydrogen) atoms. The molecule has 1 aromatic rings. The molecular weight excluding hydrogens is 342 g/mol.